The van der Waals surface area contributed by atoms with E-state index in [4.69, 9.17) is 4.74 Å². The summed E-state index contributed by atoms with van der Waals surface area (Å²) in [6, 6.07) is 13.6. The summed E-state index contributed by atoms with van der Waals surface area (Å²) in [7, 11) is 0. The van der Waals surface area contributed by atoms with Gasteiger partial charge in [-0.3, -0.25) is 0 Å². The standard InChI is InChI=1S/C18H16FN3O2/c1-12-6-3-4-7-14(12)11-24-18(23)17-13(2)22(21-20-17)16-9-5-8-15(19)10-16/h3-10H,11H2,1-2H3. The zero-order valence-corrected chi connectivity index (χ0v) is 13.4. The largest absolute Gasteiger partial charge is 0.456 e. The van der Waals surface area contributed by atoms with Gasteiger partial charge in [-0.05, 0) is 43.2 Å². The number of nitrogens with zero attached hydrogens (tertiary/aromatic N) is 3. The van der Waals surface area contributed by atoms with Crippen molar-refractivity contribution in [2.45, 2.75) is 20.5 Å². The summed E-state index contributed by atoms with van der Waals surface area (Å²) in [4.78, 5) is 12.2. The van der Waals surface area contributed by atoms with Crippen molar-refractivity contribution in [3.8, 4) is 5.69 Å². The number of ether oxygens (including phenoxy) is 1. The Kier molecular flexibility index (Phi) is 4.37. The monoisotopic (exact) mass is 325 g/mol. The van der Waals surface area contributed by atoms with Gasteiger partial charge >= 0.3 is 5.97 Å². The average Bonchev–Trinajstić information content (AvgIpc) is 2.95. The molecule has 24 heavy (non-hydrogen) atoms. The maximum Gasteiger partial charge on any atom is 0.361 e. The molecule has 0 amide bonds. The summed E-state index contributed by atoms with van der Waals surface area (Å²) < 4.78 is 20.1. The summed E-state index contributed by atoms with van der Waals surface area (Å²) in [5, 5.41) is 7.79. The quantitative estimate of drug-likeness (QED) is 0.690. The highest BCUT2D eigenvalue weighted by atomic mass is 19.1. The molecule has 0 aliphatic rings. The molecule has 1 heterocycles. The summed E-state index contributed by atoms with van der Waals surface area (Å²) in [5.41, 5.74) is 3.09. The molecular formula is C18H16FN3O2. The molecule has 0 spiro atoms. The number of aryl methyl sites for hydroxylation is 1. The zero-order chi connectivity index (χ0) is 17.1. The molecule has 122 valence electrons. The van der Waals surface area contributed by atoms with Crippen molar-refractivity contribution in [3.63, 3.8) is 0 Å². The number of halogens is 1. The maximum atomic E-state index is 13.3. The lowest BCUT2D eigenvalue weighted by molar-refractivity contribution is 0.0464. The fourth-order valence-corrected chi connectivity index (χ4v) is 2.35. The molecule has 0 radical (unpaired) electrons. The number of benzene rings is 2. The Bertz CT molecular complexity index is 889. The van der Waals surface area contributed by atoms with Crippen molar-refractivity contribution < 1.29 is 13.9 Å². The van der Waals surface area contributed by atoms with E-state index in [1.165, 1.54) is 16.8 Å². The summed E-state index contributed by atoms with van der Waals surface area (Å²) in [6.45, 7) is 3.81. The molecule has 3 aromatic rings. The number of aromatic nitrogens is 3. The smallest absolute Gasteiger partial charge is 0.361 e. The van der Waals surface area contributed by atoms with Gasteiger partial charge in [-0.25, -0.2) is 13.9 Å². The molecule has 0 atom stereocenters. The van der Waals surface area contributed by atoms with E-state index in [0.29, 0.717) is 11.4 Å². The van der Waals surface area contributed by atoms with Crippen molar-refractivity contribution in [1.29, 1.82) is 0 Å². The lowest BCUT2D eigenvalue weighted by atomic mass is 10.1. The van der Waals surface area contributed by atoms with E-state index in [1.54, 1.807) is 19.1 Å². The third kappa shape index (κ3) is 3.17. The van der Waals surface area contributed by atoms with Gasteiger partial charge in [0.2, 0.25) is 0 Å². The summed E-state index contributed by atoms with van der Waals surface area (Å²) >= 11 is 0. The Balaban J connectivity index is 1.78. The molecule has 0 saturated heterocycles. The van der Waals surface area contributed by atoms with Crippen molar-refractivity contribution in [1.82, 2.24) is 15.0 Å². The molecule has 0 fully saturated rings. The van der Waals surface area contributed by atoms with E-state index in [-0.39, 0.29) is 18.1 Å². The molecule has 0 saturated carbocycles. The van der Waals surface area contributed by atoms with Crippen molar-refractivity contribution >= 4 is 5.97 Å². The molecule has 0 aliphatic carbocycles. The predicted octanol–water partition coefficient (Wildman–Crippen LogP) is 3.38. The second-order valence-electron chi connectivity index (χ2n) is 5.42. The van der Waals surface area contributed by atoms with E-state index >= 15 is 0 Å². The minimum atomic E-state index is -0.557. The summed E-state index contributed by atoms with van der Waals surface area (Å²) in [6.07, 6.45) is 0. The Hall–Kier alpha value is -3.02. The molecular weight excluding hydrogens is 309 g/mol. The maximum absolute atomic E-state index is 13.3. The van der Waals surface area contributed by atoms with Crippen LogP contribution >= 0.6 is 0 Å². The van der Waals surface area contributed by atoms with Crippen LogP contribution in [0.25, 0.3) is 5.69 Å². The Morgan fingerprint density at radius 1 is 1.17 bits per heavy atom. The molecule has 0 N–H and O–H groups in total. The van der Waals surface area contributed by atoms with E-state index < -0.39 is 5.97 Å². The van der Waals surface area contributed by atoms with Crippen LogP contribution in [0.2, 0.25) is 0 Å². The molecule has 6 heteroatoms. The van der Waals surface area contributed by atoms with Crippen molar-refractivity contribution in [2.75, 3.05) is 0 Å². The second-order valence-corrected chi connectivity index (χ2v) is 5.42. The van der Waals surface area contributed by atoms with Gasteiger partial charge in [-0.15, -0.1) is 5.10 Å². The molecule has 1 aromatic heterocycles. The predicted molar refractivity (Wildman–Crippen MR) is 86.4 cm³/mol. The zero-order valence-electron chi connectivity index (χ0n) is 13.4. The minimum absolute atomic E-state index is 0.118. The molecule has 0 bridgehead atoms. The number of carbonyl (C=O) groups excluding carboxylic acids is 1. The van der Waals surface area contributed by atoms with Crippen molar-refractivity contribution in [3.05, 3.63) is 76.9 Å². The van der Waals surface area contributed by atoms with Crippen LogP contribution in [-0.2, 0) is 11.3 Å². The SMILES string of the molecule is Cc1ccccc1COC(=O)c1nnn(-c2cccc(F)c2)c1C. The van der Waals surface area contributed by atoms with Crippen molar-refractivity contribution in [2.24, 2.45) is 0 Å². The van der Waals surface area contributed by atoms with E-state index in [2.05, 4.69) is 10.3 Å². The number of carbonyl (C=O) groups is 1. The lowest BCUT2D eigenvalue weighted by Gasteiger charge is -2.07. The lowest BCUT2D eigenvalue weighted by Crippen LogP contribution is -2.09. The molecule has 0 unspecified atom stereocenters. The molecule has 2 aromatic carbocycles. The van der Waals surface area contributed by atoms with Gasteiger partial charge in [0.1, 0.15) is 12.4 Å². The normalized spacial score (nSPS) is 10.6. The highest BCUT2D eigenvalue weighted by Crippen LogP contribution is 2.15. The van der Waals surface area contributed by atoms with Crippen LogP contribution < -0.4 is 0 Å². The first-order valence-corrected chi connectivity index (χ1v) is 7.46. The van der Waals surface area contributed by atoms with Crippen LogP contribution in [0, 0.1) is 19.7 Å². The van der Waals surface area contributed by atoms with Crippen LogP contribution in [0.3, 0.4) is 0 Å². The Morgan fingerprint density at radius 3 is 2.71 bits per heavy atom. The van der Waals surface area contributed by atoms with E-state index in [0.717, 1.165) is 11.1 Å². The van der Waals surface area contributed by atoms with Crippen LogP contribution in [0.1, 0.15) is 27.3 Å². The minimum Gasteiger partial charge on any atom is -0.456 e. The number of hydrogen-bond acceptors (Lipinski definition) is 4. The van der Waals surface area contributed by atoms with Crippen LogP contribution in [0.15, 0.2) is 48.5 Å². The van der Waals surface area contributed by atoms with Crippen LogP contribution in [0.4, 0.5) is 4.39 Å². The third-order valence-corrected chi connectivity index (χ3v) is 3.76. The van der Waals surface area contributed by atoms with Crippen LogP contribution in [0.5, 0.6) is 0 Å². The molecule has 3 rings (SSSR count). The Morgan fingerprint density at radius 2 is 1.96 bits per heavy atom. The van der Waals surface area contributed by atoms with Gasteiger partial charge in [0, 0.05) is 0 Å². The van der Waals surface area contributed by atoms with Gasteiger partial charge in [0.15, 0.2) is 5.69 Å². The van der Waals surface area contributed by atoms with Gasteiger partial charge in [0.05, 0.1) is 11.4 Å². The van der Waals surface area contributed by atoms with Crippen LogP contribution in [-0.4, -0.2) is 21.0 Å². The van der Waals surface area contributed by atoms with Gasteiger partial charge < -0.3 is 4.74 Å². The van der Waals surface area contributed by atoms with E-state index in [9.17, 15) is 9.18 Å². The topological polar surface area (TPSA) is 57.0 Å². The molecule has 0 aliphatic heterocycles. The Labute approximate surface area is 138 Å². The second kappa shape index (κ2) is 6.62. The third-order valence-electron chi connectivity index (χ3n) is 3.76. The first kappa shape index (κ1) is 15.9. The highest BCUT2D eigenvalue weighted by Gasteiger charge is 2.19. The first-order valence-electron chi connectivity index (χ1n) is 7.46. The van der Waals surface area contributed by atoms with Gasteiger partial charge in [-0.1, -0.05) is 35.5 Å². The molecule has 5 nitrogen and oxygen atoms in total. The fraction of sp³-hybridized carbons (Fsp3) is 0.167. The average molecular weight is 325 g/mol. The first-order chi connectivity index (χ1) is 11.6. The number of rotatable bonds is 4. The number of hydrogen-bond donors (Lipinski definition) is 0. The highest BCUT2D eigenvalue weighted by molar-refractivity contribution is 5.88. The fourth-order valence-electron chi connectivity index (χ4n) is 2.35. The summed E-state index contributed by atoms with van der Waals surface area (Å²) in [5.74, 6) is -0.940. The van der Waals surface area contributed by atoms with Gasteiger partial charge in [0.25, 0.3) is 0 Å². The number of esters is 1. The van der Waals surface area contributed by atoms with Gasteiger partial charge in [-0.2, -0.15) is 0 Å². The van der Waals surface area contributed by atoms with E-state index in [1.807, 2.05) is 31.2 Å².